The van der Waals surface area contributed by atoms with Gasteiger partial charge in [-0.25, -0.2) is 0 Å². The minimum absolute atomic E-state index is 0.0321. The topological polar surface area (TPSA) is 85.9 Å². The van der Waals surface area contributed by atoms with Crippen LogP contribution in [0.4, 0.5) is 5.69 Å². The second-order valence-electron chi connectivity index (χ2n) is 10.9. The minimum Gasteiger partial charge on any atom is -0.489 e. The van der Waals surface area contributed by atoms with E-state index < -0.39 is 0 Å². The molecule has 0 radical (unpaired) electrons. The Morgan fingerprint density at radius 3 is 1.91 bits per heavy atom. The molecule has 0 atom stereocenters. The summed E-state index contributed by atoms with van der Waals surface area (Å²) in [5.74, 6) is 0.344. The van der Waals surface area contributed by atoms with E-state index in [1.165, 1.54) is 0 Å². The van der Waals surface area contributed by atoms with Gasteiger partial charge in [0.05, 0.1) is 44.1 Å². The molecule has 6 rings (SSSR count). The summed E-state index contributed by atoms with van der Waals surface area (Å²) in [5.41, 5.74) is 2.24. The van der Waals surface area contributed by atoms with Gasteiger partial charge in [-0.3, -0.25) is 9.59 Å². The minimum atomic E-state index is -0.192. The maximum Gasteiger partial charge on any atom is 0.257 e. The zero-order valence-electron chi connectivity index (χ0n) is 25.5. The first kappa shape index (κ1) is 30.8. The van der Waals surface area contributed by atoms with E-state index in [2.05, 4.69) is 16.7 Å². The number of fused-ring (bicyclic) bond motifs is 3. The molecule has 0 bridgehead atoms. The fourth-order valence-electron chi connectivity index (χ4n) is 5.62. The lowest BCUT2D eigenvalue weighted by Gasteiger charge is -2.15. The highest BCUT2D eigenvalue weighted by molar-refractivity contribution is 6.22. The van der Waals surface area contributed by atoms with Crippen LogP contribution in [0.15, 0.2) is 121 Å². The molecular weight excluding hydrogens is 576 g/mol. The Kier molecular flexibility index (Phi) is 10.1. The molecule has 2 N–H and O–H groups in total. The van der Waals surface area contributed by atoms with Crippen LogP contribution in [0.5, 0.6) is 5.75 Å². The van der Waals surface area contributed by atoms with Gasteiger partial charge in [-0.1, -0.05) is 103 Å². The van der Waals surface area contributed by atoms with Crippen LogP contribution in [0.3, 0.4) is 0 Å². The van der Waals surface area contributed by atoms with E-state index >= 15 is 0 Å². The average molecular weight is 613 g/mol. The van der Waals surface area contributed by atoms with Crippen molar-refractivity contribution in [3.05, 3.63) is 132 Å². The van der Waals surface area contributed by atoms with Crippen molar-refractivity contribution in [2.24, 2.45) is 0 Å². The summed E-state index contributed by atoms with van der Waals surface area (Å²) in [7, 11) is 0. The number of hydrogen-bond donors (Lipinski definition) is 2. The molecule has 6 aromatic rings. The standard InChI is InChI=1S/C39H36N2O5/c42-37(27-31-14-9-13-28-10-1-4-15-32(28)31)40-20-21-44-22-23-45-24-25-46-36-19-8-7-18-35(36)41-39(43)38-33-16-5-2-11-29(33)26-30-12-3-6-17-34(30)38/h1-19,26H,20-25,27H2,(H,40,42)(H,41,43). The maximum atomic E-state index is 13.7. The predicted octanol–water partition coefficient (Wildman–Crippen LogP) is 7.17. The third-order valence-corrected chi connectivity index (χ3v) is 7.79. The molecule has 232 valence electrons. The third kappa shape index (κ3) is 7.51. The molecule has 0 fully saturated rings. The van der Waals surface area contributed by atoms with Crippen LogP contribution in [-0.2, 0) is 20.7 Å². The van der Waals surface area contributed by atoms with Crippen LogP contribution in [0.25, 0.3) is 32.3 Å². The van der Waals surface area contributed by atoms with Gasteiger partial charge in [0.25, 0.3) is 5.91 Å². The first-order chi connectivity index (χ1) is 22.7. The Hall–Kier alpha value is -5.24. The molecular formula is C39H36N2O5. The van der Waals surface area contributed by atoms with Gasteiger partial charge in [0.1, 0.15) is 12.4 Å². The molecule has 7 heteroatoms. The molecule has 0 aliphatic rings. The monoisotopic (exact) mass is 612 g/mol. The molecule has 0 aromatic heterocycles. The van der Waals surface area contributed by atoms with Crippen LogP contribution in [0, 0.1) is 0 Å². The molecule has 2 amide bonds. The van der Waals surface area contributed by atoms with Crippen molar-refractivity contribution < 1.29 is 23.8 Å². The third-order valence-electron chi connectivity index (χ3n) is 7.79. The number of nitrogens with one attached hydrogen (secondary N) is 2. The summed E-state index contributed by atoms with van der Waals surface area (Å²) in [5, 5.41) is 12.0. The first-order valence-electron chi connectivity index (χ1n) is 15.5. The van der Waals surface area contributed by atoms with Crippen LogP contribution in [0.1, 0.15) is 15.9 Å². The number of carbonyl (C=O) groups is 2. The second kappa shape index (κ2) is 15.2. The molecule has 0 aliphatic heterocycles. The predicted molar refractivity (Wildman–Crippen MR) is 184 cm³/mol. The molecule has 46 heavy (non-hydrogen) atoms. The van der Waals surface area contributed by atoms with E-state index in [9.17, 15) is 9.59 Å². The van der Waals surface area contributed by atoms with E-state index in [0.29, 0.717) is 63.0 Å². The second-order valence-corrected chi connectivity index (χ2v) is 10.9. The average Bonchev–Trinajstić information content (AvgIpc) is 3.08. The fraction of sp³-hybridized carbons (Fsp3) is 0.179. The molecule has 0 heterocycles. The summed E-state index contributed by atoms with van der Waals surface area (Å²) in [6.07, 6.45) is 0.331. The van der Waals surface area contributed by atoms with Crippen molar-refractivity contribution >= 4 is 49.8 Å². The van der Waals surface area contributed by atoms with Gasteiger partial charge in [0.15, 0.2) is 0 Å². The number of anilines is 1. The highest BCUT2D eigenvalue weighted by Gasteiger charge is 2.17. The van der Waals surface area contributed by atoms with Gasteiger partial charge in [0, 0.05) is 6.54 Å². The number of rotatable bonds is 14. The number of para-hydroxylation sites is 2. The summed E-state index contributed by atoms with van der Waals surface area (Å²) in [6.45, 7) is 2.32. The van der Waals surface area contributed by atoms with E-state index in [1.807, 2.05) is 115 Å². The lowest BCUT2D eigenvalue weighted by Crippen LogP contribution is -2.29. The highest BCUT2D eigenvalue weighted by Crippen LogP contribution is 2.31. The Balaban J connectivity index is 0.915. The van der Waals surface area contributed by atoms with Crippen molar-refractivity contribution in [2.45, 2.75) is 6.42 Å². The number of carbonyl (C=O) groups excluding carboxylic acids is 2. The van der Waals surface area contributed by atoms with Gasteiger partial charge < -0.3 is 24.8 Å². The van der Waals surface area contributed by atoms with E-state index in [-0.39, 0.29) is 11.8 Å². The van der Waals surface area contributed by atoms with Crippen LogP contribution in [0.2, 0.25) is 0 Å². The summed E-state index contributed by atoms with van der Waals surface area (Å²) in [4.78, 5) is 26.1. The molecule has 0 spiro atoms. The number of amides is 2. The molecule has 0 saturated carbocycles. The summed E-state index contributed by atoms with van der Waals surface area (Å²) >= 11 is 0. The van der Waals surface area contributed by atoms with Gasteiger partial charge in [-0.05, 0) is 56.1 Å². The largest absolute Gasteiger partial charge is 0.489 e. The Labute approximate surface area is 268 Å². The smallest absolute Gasteiger partial charge is 0.257 e. The first-order valence-corrected chi connectivity index (χ1v) is 15.5. The number of ether oxygens (including phenoxy) is 3. The summed E-state index contributed by atoms with van der Waals surface area (Å²) < 4.78 is 17.2. The van der Waals surface area contributed by atoms with Crippen LogP contribution >= 0.6 is 0 Å². The lowest BCUT2D eigenvalue weighted by molar-refractivity contribution is -0.120. The van der Waals surface area contributed by atoms with Crippen molar-refractivity contribution in [1.82, 2.24) is 5.32 Å². The van der Waals surface area contributed by atoms with Crippen molar-refractivity contribution in [1.29, 1.82) is 0 Å². The Morgan fingerprint density at radius 2 is 1.15 bits per heavy atom. The molecule has 0 saturated heterocycles. The van der Waals surface area contributed by atoms with Gasteiger partial charge >= 0.3 is 0 Å². The van der Waals surface area contributed by atoms with Gasteiger partial charge in [-0.2, -0.15) is 0 Å². The Bertz CT molecular complexity index is 1910. The van der Waals surface area contributed by atoms with Crippen LogP contribution in [-0.4, -0.2) is 51.4 Å². The number of hydrogen-bond acceptors (Lipinski definition) is 5. The zero-order valence-corrected chi connectivity index (χ0v) is 25.5. The van der Waals surface area contributed by atoms with E-state index in [4.69, 9.17) is 14.2 Å². The zero-order chi connectivity index (χ0) is 31.6. The highest BCUT2D eigenvalue weighted by atomic mass is 16.5. The van der Waals surface area contributed by atoms with E-state index in [1.54, 1.807) is 0 Å². The summed E-state index contributed by atoms with van der Waals surface area (Å²) in [6, 6.07) is 39.4. The Morgan fingerprint density at radius 1 is 0.565 bits per heavy atom. The number of benzene rings is 6. The van der Waals surface area contributed by atoms with E-state index in [0.717, 1.165) is 37.9 Å². The van der Waals surface area contributed by atoms with Gasteiger partial charge in [0.2, 0.25) is 5.91 Å². The normalized spacial score (nSPS) is 11.1. The van der Waals surface area contributed by atoms with Crippen molar-refractivity contribution in [3.63, 3.8) is 0 Å². The maximum absolute atomic E-state index is 13.7. The quantitative estimate of drug-likeness (QED) is 0.101. The van der Waals surface area contributed by atoms with Crippen LogP contribution < -0.4 is 15.4 Å². The van der Waals surface area contributed by atoms with Crippen molar-refractivity contribution in [3.8, 4) is 5.75 Å². The van der Waals surface area contributed by atoms with Crippen molar-refractivity contribution in [2.75, 3.05) is 44.9 Å². The molecule has 6 aromatic carbocycles. The van der Waals surface area contributed by atoms with Gasteiger partial charge in [-0.15, -0.1) is 0 Å². The molecule has 0 unspecified atom stereocenters. The lowest BCUT2D eigenvalue weighted by atomic mass is 9.96. The SMILES string of the molecule is O=C(Cc1cccc2ccccc12)NCCOCCOCCOc1ccccc1NC(=O)c1c2ccccc2cc2ccccc12. The fourth-order valence-corrected chi connectivity index (χ4v) is 5.62. The molecule has 7 nitrogen and oxygen atoms in total. The molecule has 0 aliphatic carbocycles.